The number of halogens is 1. The van der Waals surface area contributed by atoms with Crippen molar-refractivity contribution in [3.05, 3.63) is 120 Å². The number of H-pyrrole nitrogens is 1. The largest absolute Gasteiger partial charge is 0.406 e. The van der Waals surface area contributed by atoms with Crippen LogP contribution >= 0.6 is 0 Å². The average molecular weight is 442 g/mol. The Morgan fingerprint density at radius 3 is 2.52 bits per heavy atom. The average Bonchev–Trinajstić information content (AvgIpc) is 3.25. The molecule has 1 amide bonds. The second kappa shape index (κ2) is 8.56. The van der Waals surface area contributed by atoms with Crippen LogP contribution in [0.5, 0.6) is 0 Å². The van der Waals surface area contributed by atoms with Crippen LogP contribution in [-0.2, 0) is 28.1 Å². The lowest BCUT2D eigenvalue weighted by atomic mass is 9.83. The standard InChI is InChI=1S/C27H24FN3O2/c1-19-27(22-11-13-23(28)14-12-22,26(32)30-17-20-7-3-2-4-8-20)31(33-19)16-15-21-18-29-25-10-6-5-9-24(21)25/h2-14,18,29H,1,15-17H2,(H,30,32). The van der Waals surface area contributed by atoms with Crippen LogP contribution in [0, 0.1) is 5.82 Å². The van der Waals surface area contributed by atoms with Crippen molar-refractivity contribution in [1.82, 2.24) is 15.4 Å². The fourth-order valence-corrected chi connectivity index (χ4v) is 4.41. The van der Waals surface area contributed by atoms with Crippen molar-refractivity contribution in [3.63, 3.8) is 0 Å². The molecule has 0 radical (unpaired) electrons. The molecule has 166 valence electrons. The number of para-hydroxylation sites is 1. The van der Waals surface area contributed by atoms with E-state index < -0.39 is 5.54 Å². The predicted octanol–water partition coefficient (Wildman–Crippen LogP) is 4.82. The number of nitrogens with one attached hydrogen (secondary N) is 2. The molecule has 1 aliphatic rings. The smallest absolute Gasteiger partial charge is 0.256 e. The van der Waals surface area contributed by atoms with E-state index in [9.17, 15) is 9.18 Å². The Hall–Kier alpha value is -3.90. The maximum absolute atomic E-state index is 13.7. The van der Waals surface area contributed by atoms with Gasteiger partial charge in [0.05, 0.1) is 0 Å². The number of aromatic amines is 1. The van der Waals surface area contributed by atoms with Crippen LogP contribution in [0.1, 0.15) is 16.7 Å². The Kier molecular flexibility index (Phi) is 5.44. The summed E-state index contributed by atoms with van der Waals surface area (Å²) in [7, 11) is 0. The van der Waals surface area contributed by atoms with E-state index in [1.807, 2.05) is 54.7 Å². The highest BCUT2D eigenvalue weighted by Crippen LogP contribution is 2.46. The van der Waals surface area contributed by atoms with Gasteiger partial charge in [-0.2, -0.15) is 0 Å². The summed E-state index contributed by atoms with van der Waals surface area (Å²) in [5, 5.41) is 5.80. The van der Waals surface area contributed by atoms with Gasteiger partial charge in [-0.3, -0.25) is 4.79 Å². The van der Waals surface area contributed by atoms with Crippen molar-refractivity contribution in [1.29, 1.82) is 0 Å². The summed E-state index contributed by atoms with van der Waals surface area (Å²) in [5.74, 6) is -0.304. The van der Waals surface area contributed by atoms with E-state index >= 15 is 0 Å². The number of rotatable bonds is 7. The summed E-state index contributed by atoms with van der Waals surface area (Å²) >= 11 is 0. The van der Waals surface area contributed by atoms with Crippen LogP contribution in [0.4, 0.5) is 4.39 Å². The molecule has 33 heavy (non-hydrogen) atoms. The molecule has 0 bridgehead atoms. The molecule has 3 aromatic carbocycles. The summed E-state index contributed by atoms with van der Waals surface area (Å²) in [6.07, 6.45) is 2.64. The Labute approximate surface area is 191 Å². The first-order chi connectivity index (χ1) is 16.1. The van der Waals surface area contributed by atoms with Gasteiger partial charge in [-0.1, -0.05) is 67.2 Å². The van der Waals surface area contributed by atoms with Gasteiger partial charge in [0.2, 0.25) is 5.54 Å². The number of hydrogen-bond donors (Lipinski definition) is 2. The third-order valence-electron chi connectivity index (χ3n) is 6.14. The molecule has 1 aromatic heterocycles. The van der Waals surface area contributed by atoms with Crippen molar-refractivity contribution in [2.75, 3.05) is 6.54 Å². The van der Waals surface area contributed by atoms with Crippen LogP contribution in [0.15, 0.2) is 97.4 Å². The number of amides is 1. The number of nitrogens with zero attached hydrogens (tertiary/aromatic N) is 1. The summed E-state index contributed by atoms with van der Waals surface area (Å²) in [6, 6.07) is 23.7. The Morgan fingerprint density at radius 2 is 1.76 bits per heavy atom. The molecule has 4 aromatic rings. The molecular weight excluding hydrogens is 417 g/mol. The molecule has 1 atom stereocenters. The summed E-state index contributed by atoms with van der Waals surface area (Å²) in [4.78, 5) is 22.7. The van der Waals surface area contributed by atoms with Crippen LogP contribution in [0.25, 0.3) is 10.9 Å². The zero-order valence-corrected chi connectivity index (χ0v) is 18.1. The van der Waals surface area contributed by atoms with Crippen LogP contribution in [-0.4, -0.2) is 22.5 Å². The molecule has 5 rings (SSSR count). The van der Waals surface area contributed by atoms with Gasteiger partial charge in [-0.15, -0.1) is 5.06 Å². The lowest BCUT2D eigenvalue weighted by molar-refractivity contribution is -0.280. The quantitative estimate of drug-likeness (QED) is 0.432. The van der Waals surface area contributed by atoms with Gasteiger partial charge in [0.25, 0.3) is 5.91 Å². The van der Waals surface area contributed by atoms with Gasteiger partial charge >= 0.3 is 0 Å². The lowest BCUT2D eigenvalue weighted by Gasteiger charge is -2.51. The highest BCUT2D eigenvalue weighted by molar-refractivity contribution is 5.91. The number of carbonyl (C=O) groups excluding carboxylic acids is 1. The highest BCUT2D eigenvalue weighted by Gasteiger charge is 2.59. The number of hydroxylamine groups is 2. The first-order valence-electron chi connectivity index (χ1n) is 10.9. The molecule has 1 fully saturated rings. The fraction of sp³-hybridized carbons (Fsp3) is 0.148. The van der Waals surface area contributed by atoms with Gasteiger partial charge in [0, 0.05) is 30.2 Å². The van der Waals surface area contributed by atoms with Gasteiger partial charge in [0.15, 0.2) is 5.76 Å². The number of aromatic nitrogens is 1. The monoisotopic (exact) mass is 441 g/mol. The zero-order valence-electron chi connectivity index (χ0n) is 18.1. The van der Waals surface area contributed by atoms with Crippen molar-refractivity contribution in [3.8, 4) is 0 Å². The molecule has 6 heteroatoms. The molecule has 0 spiro atoms. The molecule has 1 unspecified atom stereocenters. The molecule has 0 saturated carbocycles. The van der Waals surface area contributed by atoms with E-state index in [2.05, 4.69) is 22.9 Å². The van der Waals surface area contributed by atoms with Gasteiger partial charge < -0.3 is 15.1 Å². The third kappa shape index (κ3) is 3.68. The van der Waals surface area contributed by atoms with Gasteiger partial charge in [0.1, 0.15) is 5.82 Å². The topological polar surface area (TPSA) is 57.4 Å². The van der Waals surface area contributed by atoms with E-state index in [4.69, 9.17) is 4.84 Å². The second-order valence-corrected chi connectivity index (χ2v) is 8.11. The van der Waals surface area contributed by atoms with Crippen LogP contribution in [0.3, 0.4) is 0 Å². The Balaban J connectivity index is 1.42. The normalized spacial score (nSPS) is 18.0. The number of carbonyl (C=O) groups is 1. The van der Waals surface area contributed by atoms with Gasteiger partial charge in [-0.25, -0.2) is 4.39 Å². The minimum atomic E-state index is -1.23. The molecule has 0 aliphatic carbocycles. The van der Waals surface area contributed by atoms with E-state index in [0.29, 0.717) is 30.8 Å². The SMILES string of the molecule is C=C1ON(CCc2c[nH]c3ccccc23)C1(C(=O)NCc1ccccc1)c1ccc(F)cc1. The van der Waals surface area contributed by atoms with E-state index in [1.165, 1.54) is 12.1 Å². The number of benzene rings is 3. The minimum Gasteiger partial charge on any atom is -0.406 e. The lowest BCUT2D eigenvalue weighted by Crippen LogP contribution is -2.65. The molecular formula is C27H24FN3O2. The number of fused-ring (bicyclic) bond motifs is 1. The first-order valence-corrected chi connectivity index (χ1v) is 10.9. The molecule has 1 saturated heterocycles. The summed E-state index contributed by atoms with van der Waals surface area (Å²) in [6.45, 7) is 4.83. The van der Waals surface area contributed by atoms with Crippen molar-refractivity contribution < 1.29 is 14.0 Å². The molecule has 2 heterocycles. The minimum absolute atomic E-state index is 0.256. The van der Waals surface area contributed by atoms with E-state index in [1.54, 1.807) is 17.2 Å². The van der Waals surface area contributed by atoms with Crippen molar-refractivity contribution in [2.24, 2.45) is 0 Å². The highest BCUT2D eigenvalue weighted by atomic mass is 19.1. The van der Waals surface area contributed by atoms with Crippen molar-refractivity contribution in [2.45, 2.75) is 18.5 Å². The molecule has 5 nitrogen and oxygen atoms in total. The van der Waals surface area contributed by atoms with E-state index in [-0.39, 0.29) is 11.7 Å². The zero-order chi connectivity index (χ0) is 22.8. The molecule has 1 aliphatic heterocycles. The van der Waals surface area contributed by atoms with Crippen LogP contribution < -0.4 is 5.32 Å². The van der Waals surface area contributed by atoms with Crippen LogP contribution in [0.2, 0.25) is 0 Å². The first kappa shape index (κ1) is 21.0. The van der Waals surface area contributed by atoms with Gasteiger partial charge in [-0.05, 0) is 41.3 Å². The number of hydrogen-bond acceptors (Lipinski definition) is 3. The fourth-order valence-electron chi connectivity index (χ4n) is 4.41. The predicted molar refractivity (Wildman–Crippen MR) is 125 cm³/mol. The Bertz CT molecular complexity index is 1300. The summed E-state index contributed by atoms with van der Waals surface area (Å²) in [5.41, 5.74) is 2.56. The molecule has 2 N–H and O–H groups in total. The third-order valence-corrected chi connectivity index (χ3v) is 6.14. The maximum Gasteiger partial charge on any atom is 0.256 e. The second-order valence-electron chi connectivity index (χ2n) is 8.11. The van der Waals surface area contributed by atoms with Crippen molar-refractivity contribution >= 4 is 16.8 Å². The van der Waals surface area contributed by atoms with E-state index in [0.717, 1.165) is 22.0 Å². The Morgan fingerprint density at radius 1 is 1.03 bits per heavy atom. The summed E-state index contributed by atoms with van der Waals surface area (Å²) < 4.78 is 13.7. The maximum atomic E-state index is 13.7.